The number of carbonyl (C=O) groups is 2. The summed E-state index contributed by atoms with van der Waals surface area (Å²) in [7, 11) is 0. The fraction of sp³-hybridized carbons (Fsp3) is 0.882. The zero-order valence-electron chi connectivity index (χ0n) is 49.8. The third kappa shape index (κ3) is 59.3. The van der Waals surface area contributed by atoms with Crippen LogP contribution in [0.15, 0.2) is 36.5 Å². The van der Waals surface area contributed by atoms with Crippen LogP contribution in [0.4, 0.5) is 0 Å². The van der Waals surface area contributed by atoms with Crippen molar-refractivity contribution < 1.29 is 24.5 Å². The third-order valence-electron chi connectivity index (χ3n) is 15.4. The smallest absolute Gasteiger partial charge is 0.305 e. The van der Waals surface area contributed by atoms with Crippen molar-refractivity contribution in [1.29, 1.82) is 0 Å². The first-order valence-corrected chi connectivity index (χ1v) is 33.3. The summed E-state index contributed by atoms with van der Waals surface area (Å²) >= 11 is 0. The van der Waals surface area contributed by atoms with Crippen molar-refractivity contribution in [2.75, 3.05) is 13.2 Å². The van der Waals surface area contributed by atoms with Crippen molar-refractivity contribution in [3.63, 3.8) is 0 Å². The lowest BCUT2D eigenvalue weighted by molar-refractivity contribution is -0.143. The van der Waals surface area contributed by atoms with Crippen LogP contribution in [0.1, 0.15) is 361 Å². The minimum atomic E-state index is -0.841. The normalized spacial score (nSPS) is 12.8. The van der Waals surface area contributed by atoms with Gasteiger partial charge < -0.3 is 20.3 Å². The third-order valence-corrected chi connectivity index (χ3v) is 15.4. The number of aliphatic hydroxyl groups is 2. The van der Waals surface area contributed by atoms with Gasteiger partial charge in [-0.15, -0.1) is 0 Å². The summed E-state index contributed by atoms with van der Waals surface area (Å²) < 4.78 is 5.48. The Morgan fingerprint density at radius 1 is 0.378 bits per heavy atom. The Labute approximate surface area is 462 Å². The first-order valence-electron chi connectivity index (χ1n) is 33.3. The summed E-state index contributed by atoms with van der Waals surface area (Å²) in [5.74, 6) is -0.0584. The van der Waals surface area contributed by atoms with E-state index in [1.165, 1.54) is 283 Å². The van der Waals surface area contributed by atoms with Gasteiger partial charge in [-0.2, -0.15) is 0 Å². The Bertz CT molecular complexity index is 1200. The van der Waals surface area contributed by atoms with E-state index in [9.17, 15) is 19.8 Å². The average molecular weight is 1040 g/mol. The van der Waals surface area contributed by atoms with Gasteiger partial charge >= 0.3 is 5.97 Å². The molecule has 0 radical (unpaired) electrons. The van der Waals surface area contributed by atoms with Gasteiger partial charge in [0, 0.05) is 12.8 Å². The largest absolute Gasteiger partial charge is 0.466 e. The molecule has 6 heteroatoms. The van der Waals surface area contributed by atoms with Crippen LogP contribution in [0.3, 0.4) is 0 Å². The highest BCUT2D eigenvalue weighted by atomic mass is 16.5. The van der Waals surface area contributed by atoms with Gasteiger partial charge in [-0.3, -0.25) is 9.59 Å². The van der Waals surface area contributed by atoms with E-state index in [1.807, 2.05) is 6.08 Å². The van der Waals surface area contributed by atoms with Crippen LogP contribution in [0.25, 0.3) is 0 Å². The fourth-order valence-corrected chi connectivity index (χ4v) is 10.3. The minimum Gasteiger partial charge on any atom is -0.466 e. The number of allylic oxidation sites excluding steroid dienone is 5. The molecule has 0 saturated carbocycles. The zero-order chi connectivity index (χ0) is 53.6. The second-order valence-electron chi connectivity index (χ2n) is 22.8. The Kier molecular flexibility index (Phi) is 62.0. The maximum atomic E-state index is 12.5. The van der Waals surface area contributed by atoms with Crippen molar-refractivity contribution in [3.8, 4) is 0 Å². The second-order valence-corrected chi connectivity index (χ2v) is 22.8. The summed E-state index contributed by atoms with van der Waals surface area (Å²) in [5, 5.41) is 23.1. The molecule has 3 N–H and O–H groups in total. The van der Waals surface area contributed by atoms with Gasteiger partial charge in [-0.25, -0.2) is 0 Å². The topological polar surface area (TPSA) is 95.9 Å². The maximum absolute atomic E-state index is 12.5. The molecule has 0 aliphatic heterocycles. The molecule has 2 unspecified atom stereocenters. The Morgan fingerprint density at radius 2 is 0.676 bits per heavy atom. The Morgan fingerprint density at radius 3 is 1.05 bits per heavy atom. The minimum absolute atomic E-state index is 0.00518. The van der Waals surface area contributed by atoms with E-state index in [0.717, 1.165) is 51.4 Å². The standard InChI is InChI=1S/C68H129NO5/c1-3-5-7-9-11-13-15-17-33-38-42-46-50-54-58-62-68(73)74-63-59-55-51-47-43-39-35-32-30-28-26-24-22-20-18-19-21-23-25-27-29-31-34-37-41-45-49-53-57-61-67(72)69-65(64-70)66(71)60-56-52-48-44-40-36-16-14-12-10-8-6-4-2/h11,13,17,33,56,60,65-66,70-71H,3-10,12,14-16,18-32,34-55,57-59,61-64H2,1-2H3,(H,69,72). The molecule has 0 aliphatic rings. The maximum Gasteiger partial charge on any atom is 0.305 e. The van der Waals surface area contributed by atoms with Gasteiger partial charge in [0.1, 0.15) is 0 Å². The van der Waals surface area contributed by atoms with Gasteiger partial charge in [0.05, 0.1) is 25.4 Å². The highest BCUT2D eigenvalue weighted by molar-refractivity contribution is 5.76. The SMILES string of the molecule is CCCCCC=CCC=CCCCCCCCC(=O)OCCCCCCCCCCCCCCCCCCCCCCCCCCCCCCCC(=O)NC(CO)C(O)C=CCCCCCCCCCCCCC. The molecule has 2 atom stereocenters. The predicted molar refractivity (Wildman–Crippen MR) is 324 cm³/mol. The number of ether oxygens (including phenoxy) is 1. The lowest BCUT2D eigenvalue weighted by Gasteiger charge is -2.20. The van der Waals surface area contributed by atoms with Gasteiger partial charge in [-0.05, 0) is 64.2 Å². The molecule has 74 heavy (non-hydrogen) atoms. The Balaban J connectivity index is 3.34. The summed E-state index contributed by atoms with van der Waals surface area (Å²) in [4.78, 5) is 24.5. The van der Waals surface area contributed by atoms with Crippen LogP contribution in [-0.4, -0.2) is 47.4 Å². The quantitative estimate of drug-likeness (QED) is 0.0320. The van der Waals surface area contributed by atoms with Crippen molar-refractivity contribution in [2.45, 2.75) is 373 Å². The second kappa shape index (κ2) is 63.6. The van der Waals surface area contributed by atoms with Crippen molar-refractivity contribution in [2.24, 2.45) is 0 Å². The molecule has 1 amide bonds. The molecular formula is C68H129NO5. The number of aliphatic hydroxyl groups excluding tert-OH is 2. The van der Waals surface area contributed by atoms with Crippen molar-refractivity contribution in [1.82, 2.24) is 5.32 Å². The van der Waals surface area contributed by atoms with Gasteiger partial charge in [0.25, 0.3) is 0 Å². The van der Waals surface area contributed by atoms with Gasteiger partial charge in [0.2, 0.25) is 5.91 Å². The molecule has 0 bridgehead atoms. The number of hydrogen-bond acceptors (Lipinski definition) is 5. The van der Waals surface area contributed by atoms with E-state index in [-0.39, 0.29) is 18.5 Å². The molecule has 436 valence electrons. The number of rotatable bonds is 62. The van der Waals surface area contributed by atoms with E-state index in [1.54, 1.807) is 6.08 Å². The summed E-state index contributed by atoms with van der Waals surface area (Å²) in [6.45, 7) is 4.89. The molecule has 0 saturated heterocycles. The van der Waals surface area contributed by atoms with Crippen LogP contribution >= 0.6 is 0 Å². The van der Waals surface area contributed by atoms with E-state index in [2.05, 4.69) is 43.5 Å². The van der Waals surface area contributed by atoms with Crippen LogP contribution < -0.4 is 5.32 Å². The lowest BCUT2D eigenvalue weighted by atomic mass is 10.0. The number of nitrogens with one attached hydrogen (secondary N) is 1. The number of hydrogen-bond donors (Lipinski definition) is 3. The number of esters is 1. The number of carbonyl (C=O) groups excluding carboxylic acids is 2. The highest BCUT2D eigenvalue weighted by Crippen LogP contribution is 2.18. The molecule has 0 fully saturated rings. The Hall–Kier alpha value is -1.92. The molecular weight excluding hydrogens is 911 g/mol. The lowest BCUT2D eigenvalue weighted by Crippen LogP contribution is -2.45. The summed E-state index contributed by atoms with van der Waals surface area (Å²) in [6, 6.07) is -0.624. The highest BCUT2D eigenvalue weighted by Gasteiger charge is 2.18. The summed E-state index contributed by atoms with van der Waals surface area (Å²) in [5.41, 5.74) is 0. The van der Waals surface area contributed by atoms with Crippen LogP contribution in [0, 0.1) is 0 Å². The molecule has 6 nitrogen and oxygen atoms in total. The van der Waals surface area contributed by atoms with E-state index >= 15 is 0 Å². The molecule has 0 rings (SSSR count). The van der Waals surface area contributed by atoms with Gasteiger partial charge in [-0.1, -0.05) is 320 Å². The van der Waals surface area contributed by atoms with Crippen LogP contribution in [-0.2, 0) is 14.3 Å². The monoisotopic (exact) mass is 1040 g/mol. The number of amides is 1. The molecule has 0 aromatic rings. The first kappa shape index (κ1) is 72.1. The first-order chi connectivity index (χ1) is 36.5. The number of unbranched alkanes of at least 4 members (excludes halogenated alkanes) is 47. The molecule has 0 spiro atoms. The molecule has 0 aromatic carbocycles. The van der Waals surface area contributed by atoms with Crippen LogP contribution in [0.5, 0.6) is 0 Å². The zero-order valence-corrected chi connectivity index (χ0v) is 49.8. The molecule has 0 aliphatic carbocycles. The predicted octanol–water partition coefficient (Wildman–Crippen LogP) is 21.1. The van der Waals surface area contributed by atoms with E-state index in [4.69, 9.17) is 4.74 Å². The molecule has 0 aromatic heterocycles. The van der Waals surface area contributed by atoms with E-state index in [0.29, 0.717) is 19.4 Å². The van der Waals surface area contributed by atoms with E-state index < -0.39 is 12.1 Å². The van der Waals surface area contributed by atoms with Crippen LogP contribution in [0.2, 0.25) is 0 Å². The molecule has 0 heterocycles. The fourth-order valence-electron chi connectivity index (χ4n) is 10.3. The summed E-state index contributed by atoms with van der Waals surface area (Å²) in [6.07, 6.45) is 80.7. The van der Waals surface area contributed by atoms with Crippen molar-refractivity contribution >= 4 is 11.9 Å². The average Bonchev–Trinajstić information content (AvgIpc) is 3.40. The van der Waals surface area contributed by atoms with Gasteiger partial charge in [0.15, 0.2) is 0 Å². The van der Waals surface area contributed by atoms with Crippen molar-refractivity contribution in [3.05, 3.63) is 36.5 Å².